The van der Waals surface area contributed by atoms with Crippen LogP contribution >= 0.6 is 0 Å². The molecule has 0 nitrogen and oxygen atoms in total. The Labute approximate surface area is 299 Å². The van der Waals surface area contributed by atoms with Gasteiger partial charge in [0.1, 0.15) is 0 Å². The number of allylic oxidation sites excluding steroid dienone is 2. The van der Waals surface area contributed by atoms with Crippen LogP contribution in [0.25, 0.3) is 34.4 Å². The molecule has 0 bridgehead atoms. The summed E-state index contributed by atoms with van der Waals surface area (Å²) in [4.78, 5) is 0. The van der Waals surface area contributed by atoms with E-state index in [1.807, 2.05) is 11.1 Å². The first-order chi connectivity index (χ1) is 22.1. The molecule has 4 aromatic rings. The average molecular weight is 824 g/mol. The van der Waals surface area contributed by atoms with Gasteiger partial charge >= 0.3 is 277 Å². The first kappa shape index (κ1) is 33.3. The van der Waals surface area contributed by atoms with Crippen LogP contribution < -0.4 is 24.8 Å². The number of hydrogen-bond donors (Lipinski definition) is 0. The zero-order chi connectivity index (χ0) is 30.1. The second-order valence-corrected chi connectivity index (χ2v) is 31.8. The molecule has 0 amide bonds. The van der Waals surface area contributed by atoms with Gasteiger partial charge in [0.2, 0.25) is 0 Å². The molecule has 3 fully saturated rings. The molecule has 3 heteroatoms. The molecule has 9 rings (SSSR count). The Balaban J connectivity index is 0.00000176. The molecule has 0 N–H and O–H groups in total. The summed E-state index contributed by atoms with van der Waals surface area (Å²) in [6, 6.07) is 33.4. The van der Waals surface area contributed by atoms with E-state index < -0.39 is 20.0 Å². The van der Waals surface area contributed by atoms with Gasteiger partial charge in [-0.3, -0.25) is 0 Å². The number of hydrogen-bond acceptors (Lipinski definition) is 0. The van der Waals surface area contributed by atoms with Crippen LogP contribution in [0.3, 0.4) is 0 Å². The molecule has 5 aliphatic rings. The van der Waals surface area contributed by atoms with Crippen LogP contribution in [0, 0.1) is 25.7 Å². The molecule has 1 saturated heterocycles. The van der Waals surface area contributed by atoms with Crippen molar-refractivity contribution >= 4 is 12.2 Å². The van der Waals surface area contributed by atoms with Crippen LogP contribution in [0.5, 0.6) is 0 Å². The molecule has 0 radical (unpaired) electrons. The summed E-state index contributed by atoms with van der Waals surface area (Å²) in [5.74, 6) is 1.59. The predicted molar refractivity (Wildman–Crippen MR) is 188 cm³/mol. The van der Waals surface area contributed by atoms with E-state index in [0.29, 0.717) is 0 Å². The molecule has 1 aliphatic heterocycles. The van der Waals surface area contributed by atoms with E-state index in [-0.39, 0.29) is 24.8 Å². The Morgan fingerprint density at radius 1 is 0.489 bits per heavy atom. The minimum absolute atomic E-state index is 0. The minimum Gasteiger partial charge on any atom is -1.00 e. The fourth-order valence-electron chi connectivity index (χ4n) is 10.2. The topological polar surface area (TPSA) is 0 Å². The van der Waals surface area contributed by atoms with Gasteiger partial charge < -0.3 is 24.8 Å². The van der Waals surface area contributed by atoms with Crippen molar-refractivity contribution in [1.82, 2.24) is 0 Å². The van der Waals surface area contributed by atoms with Crippen molar-refractivity contribution in [1.29, 1.82) is 0 Å². The van der Waals surface area contributed by atoms with Gasteiger partial charge in [-0.05, 0) is 0 Å². The molecule has 4 aliphatic carbocycles. The maximum absolute atomic E-state index is 2.98. The third-order valence-electron chi connectivity index (χ3n) is 12.5. The molecule has 2 saturated carbocycles. The Hall–Kier alpha value is -2.19. The van der Waals surface area contributed by atoms with E-state index >= 15 is 0 Å². The van der Waals surface area contributed by atoms with E-state index in [1.54, 1.807) is 30.6 Å². The van der Waals surface area contributed by atoms with E-state index in [9.17, 15) is 0 Å². The summed E-state index contributed by atoms with van der Waals surface area (Å²) < 4.78 is 4.65. The summed E-state index contributed by atoms with van der Waals surface area (Å²) in [6.45, 7) is 4.41. The largest absolute Gasteiger partial charge is 1.00 e. The molecule has 2 unspecified atom stereocenters. The van der Waals surface area contributed by atoms with Crippen molar-refractivity contribution in [2.24, 2.45) is 11.8 Å². The van der Waals surface area contributed by atoms with Gasteiger partial charge in [0, 0.05) is 0 Å². The molecule has 0 aromatic heterocycles. The van der Waals surface area contributed by atoms with Gasteiger partial charge in [0.15, 0.2) is 0 Å². The van der Waals surface area contributed by atoms with Gasteiger partial charge in [-0.2, -0.15) is 0 Å². The van der Waals surface area contributed by atoms with Crippen molar-refractivity contribution in [3.05, 3.63) is 129 Å². The monoisotopic (exact) mass is 824 g/mol. The maximum Gasteiger partial charge on any atom is -1.00 e. The van der Waals surface area contributed by atoms with E-state index in [1.165, 1.54) is 84.7 Å². The normalized spacial score (nSPS) is 21.9. The Morgan fingerprint density at radius 3 is 1.23 bits per heavy atom. The van der Waals surface area contributed by atoms with E-state index in [4.69, 9.17) is 0 Å². The van der Waals surface area contributed by atoms with Gasteiger partial charge in [0.25, 0.3) is 0 Å². The maximum atomic E-state index is 2.77. The molecular weight excluding hydrogens is 778 g/mol. The van der Waals surface area contributed by atoms with Crippen LogP contribution in [0.1, 0.15) is 92.1 Å². The van der Waals surface area contributed by atoms with Crippen molar-refractivity contribution in [2.75, 3.05) is 0 Å². The van der Waals surface area contributed by atoms with Crippen molar-refractivity contribution in [2.45, 2.75) is 80.9 Å². The summed E-state index contributed by atoms with van der Waals surface area (Å²) in [5.41, 5.74) is 18.8. The van der Waals surface area contributed by atoms with Crippen LogP contribution in [0.4, 0.5) is 0 Å². The number of halogens is 2. The Morgan fingerprint density at radius 2 is 0.872 bits per heavy atom. The number of rotatable bonds is 6. The second-order valence-electron chi connectivity index (χ2n) is 15.2. The van der Waals surface area contributed by atoms with Gasteiger partial charge in [-0.1, -0.05) is 0 Å². The zero-order valence-electron chi connectivity index (χ0n) is 27.9. The first-order valence-corrected chi connectivity index (χ1v) is 27.2. The Bertz CT molecular complexity index is 1700. The van der Waals surface area contributed by atoms with Crippen LogP contribution in [-0.4, -0.2) is 0 Å². The summed E-state index contributed by atoms with van der Waals surface area (Å²) in [6.07, 6.45) is 16.8. The average Bonchev–Trinajstić information content (AvgIpc) is 3.60. The summed E-state index contributed by atoms with van der Waals surface area (Å²) in [7, 11) is 0. The number of aryl methyl sites for hydroxylation is 2. The minimum atomic E-state index is -2.98. The van der Waals surface area contributed by atoms with Crippen molar-refractivity contribution in [3.8, 4) is 22.3 Å². The smallest absolute Gasteiger partial charge is 1.00 e. The SMILES string of the molecule is Cc1ccc(-c2cccc3c2C=C(C2CCCC2)[CH]3[Hf+2]2([CH]3C(C4CCCC4)=Cc4c(-c5ccc(C)cc5)cccc43)[CH2][CH2]2)cc1.[Cl-].[Cl-]. The summed E-state index contributed by atoms with van der Waals surface area (Å²) in [5, 5.41) is 0. The van der Waals surface area contributed by atoms with Crippen LogP contribution in [0.2, 0.25) is 8.35 Å². The fourth-order valence-corrected chi connectivity index (χ4v) is 38.4. The second kappa shape index (κ2) is 13.3. The zero-order valence-corrected chi connectivity index (χ0v) is 33.0. The molecule has 4 aromatic carbocycles. The molecule has 240 valence electrons. The van der Waals surface area contributed by atoms with E-state index in [0.717, 1.165) is 19.2 Å². The third-order valence-corrected chi connectivity index (χ3v) is 31.4. The van der Waals surface area contributed by atoms with Gasteiger partial charge in [-0.25, -0.2) is 0 Å². The summed E-state index contributed by atoms with van der Waals surface area (Å²) >= 11 is -2.98. The molecule has 2 atom stereocenters. The van der Waals surface area contributed by atoms with Crippen LogP contribution in [0.15, 0.2) is 96.1 Å². The van der Waals surface area contributed by atoms with Gasteiger partial charge in [0.05, 0.1) is 0 Å². The number of fused-ring (bicyclic) bond motifs is 2. The first-order valence-electron chi connectivity index (χ1n) is 17.9. The molecule has 47 heavy (non-hydrogen) atoms. The van der Waals surface area contributed by atoms with E-state index in [2.05, 4.69) is 111 Å². The van der Waals surface area contributed by atoms with Gasteiger partial charge in [-0.15, -0.1) is 0 Å². The third kappa shape index (κ3) is 5.61. The standard InChI is InChI=1S/2C21H21.C2H4.2ClH.Hf/c2*1-15-9-11-17(12-10-15)20-8-4-7-18-13-19(14-21(18)20)16-5-2-3-6-16;1-2;;;/h2*4,7-14,16H,2-3,5-6H2,1H3;1-2H2;2*1H;/q;;;;;+2/p-2. The fraction of sp³-hybridized carbons (Fsp3) is 0.364. The molecular formula is C44H46Cl2Hf. The predicted octanol–water partition coefficient (Wildman–Crippen LogP) is 6.61. The molecule has 1 heterocycles. The Kier molecular flexibility index (Phi) is 9.40. The van der Waals surface area contributed by atoms with Crippen molar-refractivity contribution < 1.29 is 44.8 Å². The van der Waals surface area contributed by atoms with Crippen molar-refractivity contribution in [3.63, 3.8) is 0 Å². The molecule has 0 spiro atoms. The number of benzene rings is 4. The quantitative estimate of drug-likeness (QED) is 0.193. The van der Waals surface area contributed by atoms with Crippen LogP contribution in [-0.2, 0) is 20.0 Å².